The minimum Gasteiger partial charge on any atom is -0.352 e. The fourth-order valence-electron chi connectivity index (χ4n) is 3.57. The van der Waals surface area contributed by atoms with E-state index in [1.165, 1.54) is 5.56 Å². The standard InChI is InChI=1S/C24H25N5O2/c1-16-8-5-11-19(17(16)2)27-22-18(9-6-13-25-22)23(30)26-14-7-15-29-21-12-4-3-10-20(21)28-24(29)31/h3-6,8-13H,7,14-15H2,1-2H3,(H,25,27)(H,26,30)(H,28,31). The summed E-state index contributed by atoms with van der Waals surface area (Å²) in [7, 11) is 0. The molecule has 4 rings (SSSR count). The molecule has 2 aromatic carbocycles. The quantitative estimate of drug-likeness (QED) is 0.399. The first-order valence-electron chi connectivity index (χ1n) is 10.3. The van der Waals surface area contributed by atoms with Crippen molar-refractivity contribution in [3.63, 3.8) is 0 Å². The molecule has 158 valence electrons. The molecule has 0 saturated carbocycles. The van der Waals surface area contributed by atoms with Crippen molar-refractivity contribution in [3.05, 3.63) is 88.0 Å². The second kappa shape index (κ2) is 8.87. The molecule has 1 amide bonds. The van der Waals surface area contributed by atoms with Crippen molar-refractivity contribution in [2.75, 3.05) is 11.9 Å². The van der Waals surface area contributed by atoms with Crippen LogP contribution in [0.3, 0.4) is 0 Å². The van der Waals surface area contributed by atoms with E-state index in [-0.39, 0.29) is 11.6 Å². The Balaban J connectivity index is 1.41. The number of imidazole rings is 1. The molecule has 0 aliphatic heterocycles. The molecule has 0 bridgehead atoms. The van der Waals surface area contributed by atoms with Crippen molar-refractivity contribution >= 4 is 28.4 Å². The van der Waals surface area contributed by atoms with Gasteiger partial charge in [-0.25, -0.2) is 9.78 Å². The number of carbonyl (C=O) groups is 1. The number of amides is 1. The van der Waals surface area contributed by atoms with Gasteiger partial charge in [-0.2, -0.15) is 0 Å². The Morgan fingerprint density at radius 1 is 1.06 bits per heavy atom. The summed E-state index contributed by atoms with van der Waals surface area (Å²) in [6, 6.07) is 17.1. The average Bonchev–Trinajstić information content (AvgIpc) is 3.09. The van der Waals surface area contributed by atoms with Crippen LogP contribution in [0.1, 0.15) is 27.9 Å². The molecule has 7 nitrogen and oxygen atoms in total. The monoisotopic (exact) mass is 415 g/mol. The number of benzene rings is 2. The highest BCUT2D eigenvalue weighted by Crippen LogP contribution is 2.23. The molecule has 7 heteroatoms. The van der Waals surface area contributed by atoms with Crippen molar-refractivity contribution < 1.29 is 4.79 Å². The van der Waals surface area contributed by atoms with E-state index in [1.54, 1.807) is 22.9 Å². The third-order valence-corrected chi connectivity index (χ3v) is 5.44. The van der Waals surface area contributed by atoms with Gasteiger partial charge in [0.25, 0.3) is 5.91 Å². The molecule has 2 aromatic heterocycles. The highest BCUT2D eigenvalue weighted by Gasteiger charge is 2.13. The van der Waals surface area contributed by atoms with E-state index < -0.39 is 0 Å². The number of anilines is 2. The average molecular weight is 415 g/mol. The Labute approximate surface area is 180 Å². The topological polar surface area (TPSA) is 91.8 Å². The summed E-state index contributed by atoms with van der Waals surface area (Å²) >= 11 is 0. The molecule has 3 N–H and O–H groups in total. The van der Waals surface area contributed by atoms with Crippen LogP contribution in [-0.4, -0.2) is 27.0 Å². The van der Waals surface area contributed by atoms with Crippen LogP contribution in [0.4, 0.5) is 11.5 Å². The first-order chi connectivity index (χ1) is 15.0. The number of aromatic nitrogens is 3. The van der Waals surface area contributed by atoms with Gasteiger partial charge in [-0.1, -0.05) is 24.3 Å². The van der Waals surface area contributed by atoms with Crippen molar-refractivity contribution in [3.8, 4) is 0 Å². The SMILES string of the molecule is Cc1cccc(Nc2ncccc2C(=O)NCCCn2c(=O)[nH]c3ccccc32)c1C. The summed E-state index contributed by atoms with van der Waals surface area (Å²) in [6.07, 6.45) is 2.29. The lowest BCUT2D eigenvalue weighted by atomic mass is 10.1. The second-order valence-corrected chi connectivity index (χ2v) is 7.48. The number of nitrogens with zero attached hydrogens (tertiary/aromatic N) is 2. The van der Waals surface area contributed by atoms with Gasteiger partial charge in [0.05, 0.1) is 16.6 Å². The van der Waals surface area contributed by atoms with Gasteiger partial charge < -0.3 is 15.6 Å². The summed E-state index contributed by atoms with van der Waals surface area (Å²) in [5, 5.41) is 6.22. The second-order valence-electron chi connectivity index (χ2n) is 7.48. The third kappa shape index (κ3) is 4.35. The van der Waals surface area contributed by atoms with Crippen LogP contribution < -0.4 is 16.3 Å². The number of H-pyrrole nitrogens is 1. The van der Waals surface area contributed by atoms with E-state index in [0.717, 1.165) is 22.3 Å². The van der Waals surface area contributed by atoms with E-state index in [0.29, 0.717) is 30.9 Å². The van der Waals surface area contributed by atoms with Gasteiger partial charge >= 0.3 is 5.69 Å². The molecule has 0 atom stereocenters. The Kier molecular flexibility index (Phi) is 5.84. The lowest BCUT2D eigenvalue weighted by molar-refractivity contribution is 0.0953. The molecular formula is C24H25N5O2. The zero-order valence-corrected chi connectivity index (χ0v) is 17.6. The first-order valence-corrected chi connectivity index (χ1v) is 10.3. The maximum atomic E-state index is 12.8. The van der Waals surface area contributed by atoms with E-state index in [9.17, 15) is 9.59 Å². The van der Waals surface area contributed by atoms with E-state index in [4.69, 9.17) is 0 Å². The van der Waals surface area contributed by atoms with Gasteiger partial charge in [-0.15, -0.1) is 0 Å². The number of rotatable bonds is 7. The third-order valence-electron chi connectivity index (χ3n) is 5.44. The number of hydrogen-bond donors (Lipinski definition) is 3. The minimum absolute atomic E-state index is 0.139. The predicted molar refractivity (Wildman–Crippen MR) is 123 cm³/mol. The van der Waals surface area contributed by atoms with Crippen molar-refractivity contribution in [2.45, 2.75) is 26.8 Å². The smallest absolute Gasteiger partial charge is 0.326 e. The summed E-state index contributed by atoms with van der Waals surface area (Å²) < 4.78 is 1.69. The number of aromatic amines is 1. The maximum absolute atomic E-state index is 12.8. The fourth-order valence-corrected chi connectivity index (χ4v) is 3.57. The van der Waals surface area contributed by atoms with Gasteiger partial charge in [-0.3, -0.25) is 9.36 Å². The summed E-state index contributed by atoms with van der Waals surface area (Å²) in [5.41, 5.74) is 5.22. The Morgan fingerprint density at radius 3 is 2.77 bits per heavy atom. The van der Waals surface area contributed by atoms with E-state index >= 15 is 0 Å². The number of nitrogens with one attached hydrogen (secondary N) is 3. The number of fused-ring (bicyclic) bond motifs is 1. The van der Waals surface area contributed by atoms with Crippen LogP contribution in [-0.2, 0) is 6.54 Å². The molecule has 0 aliphatic rings. The van der Waals surface area contributed by atoms with Crippen LogP contribution in [0.15, 0.2) is 65.6 Å². The van der Waals surface area contributed by atoms with Gasteiger partial charge in [0.1, 0.15) is 5.82 Å². The van der Waals surface area contributed by atoms with Gasteiger partial charge in [0, 0.05) is 25.0 Å². The Hall–Kier alpha value is -3.87. The fraction of sp³-hybridized carbons (Fsp3) is 0.208. The van der Waals surface area contributed by atoms with E-state index in [1.807, 2.05) is 56.3 Å². The zero-order valence-electron chi connectivity index (χ0n) is 17.6. The number of pyridine rings is 1. The molecule has 0 radical (unpaired) electrons. The molecule has 0 unspecified atom stereocenters. The van der Waals surface area contributed by atoms with Crippen LogP contribution in [0.5, 0.6) is 0 Å². The molecule has 0 fully saturated rings. The minimum atomic E-state index is -0.202. The molecule has 0 saturated heterocycles. The summed E-state index contributed by atoms with van der Waals surface area (Å²) in [4.78, 5) is 32.1. The molecule has 2 heterocycles. The predicted octanol–water partition coefficient (Wildman–Crippen LogP) is 3.91. The Morgan fingerprint density at radius 2 is 1.90 bits per heavy atom. The number of para-hydroxylation sites is 2. The molecular weight excluding hydrogens is 390 g/mol. The van der Waals surface area contributed by atoms with Crippen molar-refractivity contribution in [1.82, 2.24) is 19.9 Å². The normalized spacial score (nSPS) is 10.9. The molecule has 0 aliphatic carbocycles. The van der Waals surface area contributed by atoms with Crippen LogP contribution in [0.25, 0.3) is 11.0 Å². The summed E-state index contributed by atoms with van der Waals surface area (Å²) in [5.74, 6) is 0.314. The Bertz CT molecular complexity index is 1290. The van der Waals surface area contributed by atoms with Gasteiger partial charge in [0.15, 0.2) is 0 Å². The number of hydrogen-bond acceptors (Lipinski definition) is 4. The van der Waals surface area contributed by atoms with Crippen LogP contribution in [0.2, 0.25) is 0 Å². The van der Waals surface area contributed by atoms with Crippen LogP contribution >= 0.6 is 0 Å². The van der Waals surface area contributed by atoms with Crippen LogP contribution in [0, 0.1) is 13.8 Å². The highest BCUT2D eigenvalue weighted by molar-refractivity contribution is 5.99. The van der Waals surface area contributed by atoms with Crippen molar-refractivity contribution in [1.29, 1.82) is 0 Å². The highest BCUT2D eigenvalue weighted by atomic mass is 16.2. The maximum Gasteiger partial charge on any atom is 0.326 e. The zero-order chi connectivity index (χ0) is 21.8. The van der Waals surface area contributed by atoms with Gasteiger partial charge in [0.2, 0.25) is 0 Å². The summed E-state index contributed by atoms with van der Waals surface area (Å²) in [6.45, 7) is 5.05. The molecule has 0 spiro atoms. The van der Waals surface area contributed by atoms with Crippen molar-refractivity contribution in [2.24, 2.45) is 0 Å². The number of aryl methyl sites for hydroxylation is 2. The van der Waals surface area contributed by atoms with Gasteiger partial charge in [-0.05, 0) is 61.7 Å². The first kappa shape index (κ1) is 20.4. The lowest BCUT2D eigenvalue weighted by Crippen LogP contribution is -2.27. The number of carbonyl (C=O) groups excluding carboxylic acids is 1. The lowest BCUT2D eigenvalue weighted by Gasteiger charge is -2.14. The largest absolute Gasteiger partial charge is 0.352 e. The molecule has 31 heavy (non-hydrogen) atoms. The molecule has 4 aromatic rings. The van der Waals surface area contributed by atoms with E-state index in [2.05, 4.69) is 20.6 Å².